The van der Waals surface area contributed by atoms with Gasteiger partial charge in [0.2, 0.25) is 0 Å². The average molecular weight is 360 g/mol. The van der Waals surface area contributed by atoms with Crippen molar-refractivity contribution < 1.29 is 9.90 Å². The molecule has 104 valence electrons. The van der Waals surface area contributed by atoms with Gasteiger partial charge in [0.25, 0.3) is 0 Å². The second-order valence-electron chi connectivity index (χ2n) is 4.37. The summed E-state index contributed by atoms with van der Waals surface area (Å²) in [5.74, 6) is -1.02. The molecule has 2 aromatic carbocycles. The number of benzene rings is 2. The number of hydrogen-bond acceptors (Lipinski definition) is 3. The Morgan fingerprint density at radius 2 is 1.81 bits per heavy atom. The van der Waals surface area contributed by atoms with Gasteiger partial charge in [-0.1, -0.05) is 48.2 Å². The van der Waals surface area contributed by atoms with Gasteiger partial charge in [-0.15, -0.1) is 0 Å². The van der Waals surface area contributed by atoms with E-state index in [1.807, 2.05) is 48.5 Å². The molecule has 0 atom stereocenters. The van der Waals surface area contributed by atoms with Gasteiger partial charge in [-0.3, -0.25) is 0 Å². The first-order valence-electron chi connectivity index (χ1n) is 6.20. The van der Waals surface area contributed by atoms with Crippen LogP contribution in [0.2, 0.25) is 0 Å². The fraction of sp³-hybridized carbons (Fsp3) is 0. The lowest BCUT2D eigenvalue weighted by molar-refractivity contribution is 0.0690. The maximum atomic E-state index is 11.2. The molecule has 0 aliphatic carbocycles. The Bertz CT molecular complexity index is 835. The number of pyridine rings is 1. The molecule has 0 aliphatic heterocycles. The van der Waals surface area contributed by atoms with Crippen LogP contribution in [0.4, 0.5) is 0 Å². The molecule has 0 aliphatic rings. The van der Waals surface area contributed by atoms with Crippen LogP contribution in [0.5, 0.6) is 0 Å². The summed E-state index contributed by atoms with van der Waals surface area (Å²) < 4.78 is 0.960. The molecule has 0 saturated heterocycles. The number of halogens is 1. The summed E-state index contributed by atoms with van der Waals surface area (Å²) in [5, 5.41) is 11.7. The van der Waals surface area contributed by atoms with Crippen LogP contribution >= 0.6 is 27.7 Å². The van der Waals surface area contributed by atoms with Crippen molar-refractivity contribution in [1.29, 1.82) is 0 Å². The number of aromatic nitrogens is 1. The standard InChI is InChI=1S/C16H10BrNO2S/c17-12-7-3-4-8-14(12)21-15-11-6-2-1-5-10(11)9-13(18-15)16(19)20/h1-9H,(H,19,20). The van der Waals surface area contributed by atoms with Crippen molar-refractivity contribution in [3.05, 3.63) is 64.8 Å². The molecular formula is C16H10BrNO2S. The van der Waals surface area contributed by atoms with Gasteiger partial charge < -0.3 is 5.11 Å². The number of nitrogens with zero attached hydrogens (tertiary/aromatic N) is 1. The van der Waals surface area contributed by atoms with E-state index in [4.69, 9.17) is 0 Å². The third-order valence-electron chi connectivity index (χ3n) is 2.97. The molecule has 21 heavy (non-hydrogen) atoms. The lowest BCUT2D eigenvalue weighted by Crippen LogP contribution is -2.01. The molecular weight excluding hydrogens is 350 g/mol. The van der Waals surface area contributed by atoms with Crippen LogP contribution < -0.4 is 0 Å². The highest BCUT2D eigenvalue weighted by Crippen LogP contribution is 2.36. The first kappa shape index (κ1) is 14.1. The Balaban J connectivity index is 2.16. The normalized spacial score (nSPS) is 10.7. The second kappa shape index (κ2) is 5.87. The molecule has 1 heterocycles. The van der Waals surface area contributed by atoms with Crippen LogP contribution in [0.1, 0.15) is 10.5 Å². The maximum Gasteiger partial charge on any atom is 0.354 e. The van der Waals surface area contributed by atoms with E-state index in [0.29, 0.717) is 5.03 Å². The summed E-state index contributed by atoms with van der Waals surface area (Å²) in [4.78, 5) is 16.5. The van der Waals surface area contributed by atoms with Crippen molar-refractivity contribution in [2.45, 2.75) is 9.92 Å². The van der Waals surface area contributed by atoms with Gasteiger partial charge >= 0.3 is 5.97 Å². The van der Waals surface area contributed by atoms with E-state index in [-0.39, 0.29) is 5.69 Å². The van der Waals surface area contributed by atoms with Crippen molar-refractivity contribution >= 4 is 44.4 Å². The van der Waals surface area contributed by atoms with Crippen molar-refractivity contribution in [2.24, 2.45) is 0 Å². The second-order valence-corrected chi connectivity index (χ2v) is 6.26. The van der Waals surface area contributed by atoms with E-state index in [0.717, 1.165) is 20.1 Å². The van der Waals surface area contributed by atoms with Crippen molar-refractivity contribution in [2.75, 3.05) is 0 Å². The van der Waals surface area contributed by atoms with Crippen LogP contribution in [0.15, 0.2) is 69.0 Å². The van der Waals surface area contributed by atoms with Gasteiger partial charge in [-0.05, 0) is 39.5 Å². The summed E-state index contributed by atoms with van der Waals surface area (Å²) in [6.45, 7) is 0. The summed E-state index contributed by atoms with van der Waals surface area (Å²) in [6.07, 6.45) is 0. The molecule has 0 fully saturated rings. The highest BCUT2D eigenvalue weighted by molar-refractivity contribution is 9.10. The number of carboxylic acids is 1. The molecule has 0 saturated carbocycles. The number of carboxylic acid groups (broad SMARTS) is 1. The number of aromatic carboxylic acids is 1. The molecule has 0 spiro atoms. The predicted molar refractivity (Wildman–Crippen MR) is 87.0 cm³/mol. The Morgan fingerprint density at radius 3 is 2.57 bits per heavy atom. The van der Waals surface area contributed by atoms with Crippen LogP contribution in [-0.2, 0) is 0 Å². The molecule has 3 aromatic rings. The summed E-state index contributed by atoms with van der Waals surface area (Å²) in [6, 6.07) is 17.1. The van der Waals surface area contributed by atoms with E-state index in [2.05, 4.69) is 20.9 Å². The monoisotopic (exact) mass is 359 g/mol. The van der Waals surface area contributed by atoms with Crippen LogP contribution in [0.3, 0.4) is 0 Å². The van der Waals surface area contributed by atoms with Gasteiger partial charge in [-0.25, -0.2) is 9.78 Å². The largest absolute Gasteiger partial charge is 0.477 e. The van der Waals surface area contributed by atoms with Gasteiger partial charge in [0.15, 0.2) is 0 Å². The van der Waals surface area contributed by atoms with Crippen LogP contribution in [-0.4, -0.2) is 16.1 Å². The van der Waals surface area contributed by atoms with E-state index in [1.54, 1.807) is 6.07 Å². The number of rotatable bonds is 3. The smallest absolute Gasteiger partial charge is 0.354 e. The Labute approximate surface area is 134 Å². The summed E-state index contributed by atoms with van der Waals surface area (Å²) in [5.41, 5.74) is 0.0586. The zero-order chi connectivity index (χ0) is 14.8. The SMILES string of the molecule is O=C(O)c1cc2ccccc2c(Sc2ccccc2Br)n1. The molecule has 0 bridgehead atoms. The topological polar surface area (TPSA) is 50.2 Å². The third-order valence-corrected chi connectivity index (χ3v) is 5.00. The van der Waals surface area contributed by atoms with Gasteiger partial charge in [-0.2, -0.15) is 0 Å². The first-order valence-corrected chi connectivity index (χ1v) is 7.81. The molecule has 1 aromatic heterocycles. The summed E-state index contributed by atoms with van der Waals surface area (Å²) in [7, 11) is 0. The third kappa shape index (κ3) is 2.94. The highest BCUT2D eigenvalue weighted by Gasteiger charge is 2.12. The van der Waals surface area contributed by atoms with E-state index in [1.165, 1.54) is 11.8 Å². The lowest BCUT2D eigenvalue weighted by atomic mass is 10.1. The number of fused-ring (bicyclic) bond motifs is 1. The zero-order valence-corrected chi connectivity index (χ0v) is 13.2. The summed E-state index contributed by atoms with van der Waals surface area (Å²) >= 11 is 4.95. The van der Waals surface area contributed by atoms with Crippen molar-refractivity contribution in [1.82, 2.24) is 4.98 Å². The Kier molecular flexibility index (Phi) is 3.94. The zero-order valence-electron chi connectivity index (χ0n) is 10.8. The fourth-order valence-electron chi connectivity index (χ4n) is 1.99. The van der Waals surface area contributed by atoms with E-state index in [9.17, 15) is 9.90 Å². The van der Waals surface area contributed by atoms with E-state index < -0.39 is 5.97 Å². The number of hydrogen-bond donors (Lipinski definition) is 1. The highest BCUT2D eigenvalue weighted by atomic mass is 79.9. The minimum Gasteiger partial charge on any atom is -0.477 e. The molecule has 1 N–H and O–H groups in total. The molecule has 0 amide bonds. The Morgan fingerprint density at radius 1 is 1.10 bits per heavy atom. The quantitative estimate of drug-likeness (QED) is 0.726. The molecule has 5 heteroatoms. The minimum atomic E-state index is -1.02. The van der Waals surface area contributed by atoms with Gasteiger partial charge in [0.1, 0.15) is 10.7 Å². The minimum absolute atomic E-state index is 0.0586. The van der Waals surface area contributed by atoms with Gasteiger partial charge in [0.05, 0.1) is 0 Å². The lowest BCUT2D eigenvalue weighted by Gasteiger charge is -2.08. The van der Waals surface area contributed by atoms with Gasteiger partial charge in [0, 0.05) is 14.8 Å². The molecule has 3 rings (SSSR count). The fourth-order valence-corrected chi connectivity index (χ4v) is 3.47. The number of carbonyl (C=O) groups is 1. The predicted octanol–water partition coefficient (Wildman–Crippen LogP) is 4.85. The average Bonchev–Trinajstić information content (AvgIpc) is 2.49. The maximum absolute atomic E-state index is 11.2. The molecule has 0 radical (unpaired) electrons. The Hall–Kier alpha value is -1.85. The van der Waals surface area contributed by atoms with Crippen LogP contribution in [0.25, 0.3) is 10.8 Å². The molecule has 3 nitrogen and oxygen atoms in total. The first-order chi connectivity index (χ1) is 10.1. The van der Waals surface area contributed by atoms with Crippen LogP contribution in [0, 0.1) is 0 Å². The van der Waals surface area contributed by atoms with Crippen molar-refractivity contribution in [3.63, 3.8) is 0 Å². The van der Waals surface area contributed by atoms with Crippen molar-refractivity contribution in [3.8, 4) is 0 Å². The van der Waals surface area contributed by atoms with E-state index >= 15 is 0 Å². The molecule has 0 unspecified atom stereocenters.